The quantitative estimate of drug-likeness (QED) is 0.377. The number of imidazole rings is 1. The van der Waals surface area contributed by atoms with Gasteiger partial charge in [0.05, 0.1) is 25.2 Å². The van der Waals surface area contributed by atoms with Crippen LogP contribution in [0.2, 0.25) is 0 Å². The van der Waals surface area contributed by atoms with Gasteiger partial charge in [0.25, 0.3) is 5.56 Å². The van der Waals surface area contributed by atoms with Crippen LogP contribution < -0.4 is 11.2 Å². The molecule has 182 valence electrons. The largest absolute Gasteiger partial charge is 0.464 e. The molecule has 35 heavy (non-hydrogen) atoms. The van der Waals surface area contributed by atoms with E-state index in [1.165, 1.54) is 33.7 Å². The van der Waals surface area contributed by atoms with E-state index in [9.17, 15) is 18.8 Å². The van der Waals surface area contributed by atoms with E-state index in [0.29, 0.717) is 11.6 Å². The zero-order valence-corrected chi connectivity index (χ0v) is 20.1. The van der Waals surface area contributed by atoms with Crippen LogP contribution in [0.4, 0.5) is 4.39 Å². The van der Waals surface area contributed by atoms with E-state index >= 15 is 0 Å². The topological polar surface area (TPSA) is 88.1 Å². The number of nitrogens with zero attached hydrogens (tertiary/aromatic N) is 4. The van der Waals surface area contributed by atoms with Crippen molar-refractivity contribution in [3.05, 3.63) is 92.6 Å². The maximum absolute atomic E-state index is 14.4. The first-order chi connectivity index (χ1) is 16.7. The van der Waals surface area contributed by atoms with Crippen LogP contribution in [0, 0.1) is 5.82 Å². The number of aromatic nitrogens is 4. The van der Waals surface area contributed by atoms with Crippen LogP contribution in [-0.4, -0.2) is 31.3 Å². The first-order valence-corrected chi connectivity index (χ1v) is 11.5. The molecule has 0 saturated carbocycles. The van der Waals surface area contributed by atoms with Gasteiger partial charge in [-0.15, -0.1) is 0 Å². The third kappa shape index (κ3) is 4.41. The van der Waals surface area contributed by atoms with Crippen molar-refractivity contribution in [2.75, 3.05) is 6.61 Å². The second-order valence-electron chi connectivity index (χ2n) is 8.60. The third-order valence-electron chi connectivity index (χ3n) is 6.01. The minimum atomic E-state index is -0.858. The average molecular weight is 479 g/mol. The van der Waals surface area contributed by atoms with Crippen LogP contribution >= 0.6 is 0 Å². The molecule has 0 spiro atoms. The smallest absolute Gasteiger partial charge is 0.337 e. The first-order valence-electron chi connectivity index (χ1n) is 11.5. The van der Waals surface area contributed by atoms with Gasteiger partial charge in [0.2, 0.25) is 0 Å². The Balaban J connectivity index is 2.00. The molecule has 2 aromatic carbocycles. The molecule has 4 aromatic rings. The highest BCUT2D eigenvalue weighted by Gasteiger charge is 2.25. The van der Waals surface area contributed by atoms with E-state index in [2.05, 4.69) is 18.8 Å². The normalized spacial score (nSPS) is 12.3. The SMILES string of the molecule is CCOC(=O)C(C)n1cnc2c1c(=O)n(Cc1ccccc1F)c(=O)n2-c1ccc(C(C)C)cc1. The van der Waals surface area contributed by atoms with Gasteiger partial charge in [0.15, 0.2) is 11.2 Å². The molecule has 1 atom stereocenters. The summed E-state index contributed by atoms with van der Waals surface area (Å²) in [5.41, 5.74) is 0.610. The fourth-order valence-electron chi connectivity index (χ4n) is 3.99. The molecule has 0 aliphatic carbocycles. The molecule has 0 N–H and O–H groups in total. The first kappa shape index (κ1) is 24.1. The molecular formula is C26H27FN4O4. The monoisotopic (exact) mass is 478 g/mol. The predicted octanol–water partition coefficient (Wildman–Crippen LogP) is 3.78. The number of carbonyl (C=O) groups excluding carboxylic acids is 1. The Kier molecular flexibility index (Phi) is 6.68. The van der Waals surface area contributed by atoms with Crippen molar-refractivity contribution < 1.29 is 13.9 Å². The molecule has 0 radical (unpaired) electrons. The number of halogens is 1. The number of rotatable bonds is 7. The summed E-state index contributed by atoms with van der Waals surface area (Å²) in [7, 11) is 0. The van der Waals surface area contributed by atoms with Crippen molar-refractivity contribution in [2.45, 2.75) is 46.2 Å². The van der Waals surface area contributed by atoms with Crippen LogP contribution in [0.1, 0.15) is 50.8 Å². The Labute approximate surface area is 201 Å². The summed E-state index contributed by atoms with van der Waals surface area (Å²) in [5.74, 6) is -0.772. The Morgan fingerprint density at radius 1 is 1.06 bits per heavy atom. The van der Waals surface area contributed by atoms with Crippen molar-refractivity contribution in [3.63, 3.8) is 0 Å². The number of esters is 1. The highest BCUT2D eigenvalue weighted by atomic mass is 19.1. The van der Waals surface area contributed by atoms with Gasteiger partial charge in [-0.25, -0.2) is 23.5 Å². The van der Waals surface area contributed by atoms with Gasteiger partial charge >= 0.3 is 11.7 Å². The second kappa shape index (κ2) is 9.69. The lowest BCUT2D eigenvalue weighted by atomic mass is 10.0. The number of benzene rings is 2. The van der Waals surface area contributed by atoms with Gasteiger partial charge < -0.3 is 9.30 Å². The number of carbonyl (C=O) groups is 1. The fourth-order valence-corrected chi connectivity index (χ4v) is 3.99. The van der Waals surface area contributed by atoms with Crippen molar-refractivity contribution in [1.82, 2.24) is 18.7 Å². The van der Waals surface area contributed by atoms with Gasteiger partial charge in [0, 0.05) is 5.56 Å². The van der Waals surface area contributed by atoms with E-state index in [1.54, 1.807) is 32.0 Å². The van der Waals surface area contributed by atoms with Crippen molar-refractivity contribution in [1.29, 1.82) is 0 Å². The molecule has 1 unspecified atom stereocenters. The molecule has 0 saturated heterocycles. The van der Waals surface area contributed by atoms with Crippen LogP contribution in [0.3, 0.4) is 0 Å². The maximum atomic E-state index is 14.4. The summed E-state index contributed by atoms with van der Waals surface area (Å²) in [5, 5.41) is 0. The van der Waals surface area contributed by atoms with Crippen molar-refractivity contribution >= 4 is 17.1 Å². The highest BCUT2D eigenvalue weighted by Crippen LogP contribution is 2.20. The molecular weight excluding hydrogens is 451 g/mol. The Bertz CT molecular complexity index is 1500. The zero-order chi connectivity index (χ0) is 25.3. The lowest BCUT2D eigenvalue weighted by Gasteiger charge is -2.16. The van der Waals surface area contributed by atoms with E-state index < -0.39 is 29.1 Å². The Morgan fingerprint density at radius 3 is 2.37 bits per heavy atom. The van der Waals surface area contributed by atoms with Crippen LogP contribution in [0.15, 0.2) is 64.4 Å². The molecule has 0 aliphatic heterocycles. The predicted molar refractivity (Wildman–Crippen MR) is 131 cm³/mol. The molecule has 8 nitrogen and oxygen atoms in total. The van der Waals surface area contributed by atoms with E-state index in [1.807, 2.05) is 12.1 Å². The van der Waals surface area contributed by atoms with Gasteiger partial charge in [-0.1, -0.05) is 44.2 Å². The molecule has 2 aromatic heterocycles. The van der Waals surface area contributed by atoms with Gasteiger partial charge in [-0.2, -0.15) is 0 Å². The molecule has 0 aliphatic rings. The summed E-state index contributed by atoms with van der Waals surface area (Å²) < 4.78 is 23.2. The molecule has 0 fully saturated rings. The Hall–Kier alpha value is -4.01. The summed E-state index contributed by atoms with van der Waals surface area (Å²) in [4.78, 5) is 44.0. The molecule has 0 amide bonds. The Morgan fingerprint density at radius 2 is 1.74 bits per heavy atom. The van der Waals surface area contributed by atoms with E-state index in [-0.39, 0.29) is 29.9 Å². The summed E-state index contributed by atoms with van der Waals surface area (Å²) in [6.45, 7) is 7.31. The fraction of sp³-hybridized carbons (Fsp3) is 0.308. The molecule has 4 rings (SSSR count). The van der Waals surface area contributed by atoms with E-state index in [0.717, 1.165) is 10.1 Å². The number of fused-ring (bicyclic) bond motifs is 1. The maximum Gasteiger partial charge on any atom is 0.337 e. The van der Waals surface area contributed by atoms with Gasteiger partial charge in [0.1, 0.15) is 11.9 Å². The molecule has 9 heteroatoms. The van der Waals surface area contributed by atoms with Crippen LogP contribution in [0.5, 0.6) is 0 Å². The number of ether oxygens (including phenoxy) is 1. The number of hydrogen-bond donors (Lipinski definition) is 0. The standard InChI is InChI=1S/C26H27FN4O4/c1-5-35-25(33)17(4)30-15-28-23-22(30)24(32)29(14-19-8-6-7-9-21(19)27)26(34)31(23)20-12-10-18(11-13-20)16(2)3/h6-13,15-17H,5,14H2,1-4H3. The summed E-state index contributed by atoms with van der Waals surface area (Å²) in [6.07, 6.45) is 1.35. The molecule has 2 heterocycles. The zero-order valence-electron chi connectivity index (χ0n) is 20.1. The van der Waals surface area contributed by atoms with E-state index in [4.69, 9.17) is 4.74 Å². The lowest BCUT2D eigenvalue weighted by molar-refractivity contribution is -0.146. The van der Waals surface area contributed by atoms with Crippen molar-refractivity contribution in [3.8, 4) is 5.69 Å². The minimum absolute atomic E-state index is 0.0504. The average Bonchev–Trinajstić information content (AvgIpc) is 3.27. The minimum Gasteiger partial charge on any atom is -0.464 e. The number of hydrogen-bond acceptors (Lipinski definition) is 5. The van der Waals surface area contributed by atoms with Crippen LogP contribution in [0.25, 0.3) is 16.9 Å². The second-order valence-corrected chi connectivity index (χ2v) is 8.60. The van der Waals surface area contributed by atoms with Gasteiger partial charge in [-0.3, -0.25) is 9.36 Å². The van der Waals surface area contributed by atoms with Gasteiger partial charge in [-0.05, 0) is 43.5 Å². The summed E-state index contributed by atoms with van der Waals surface area (Å²) in [6, 6.07) is 12.5. The third-order valence-corrected chi connectivity index (χ3v) is 6.01. The summed E-state index contributed by atoms with van der Waals surface area (Å²) >= 11 is 0. The van der Waals surface area contributed by atoms with Crippen molar-refractivity contribution in [2.24, 2.45) is 0 Å². The van der Waals surface area contributed by atoms with Crippen LogP contribution in [-0.2, 0) is 16.1 Å². The lowest BCUT2D eigenvalue weighted by Crippen LogP contribution is -2.40. The highest BCUT2D eigenvalue weighted by molar-refractivity contribution is 5.79. The molecule has 0 bridgehead atoms.